The molecule has 1 aromatic rings. The first-order valence-electron chi connectivity index (χ1n) is 5.31. The topological polar surface area (TPSA) is 61.5 Å². The van der Waals surface area contributed by atoms with Gasteiger partial charge in [0, 0.05) is 13.0 Å². The zero-order valence-electron chi connectivity index (χ0n) is 10.1. The van der Waals surface area contributed by atoms with Gasteiger partial charge in [-0.05, 0) is 24.1 Å². The smallest absolute Gasteiger partial charge is 0.308 e. The van der Waals surface area contributed by atoms with Gasteiger partial charge in [0.1, 0.15) is 0 Å². The molecule has 1 aromatic carbocycles. The maximum absolute atomic E-state index is 10.9. The molecule has 1 atom stereocenters. The lowest BCUT2D eigenvalue weighted by Crippen LogP contribution is -2.10. The van der Waals surface area contributed by atoms with Crippen LogP contribution in [0.2, 0.25) is 0 Å². The fraction of sp³-hybridized carbons (Fsp3) is 0.308. The van der Waals surface area contributed by atoms with Crippen molar-refractivity contribution in [2.45, 2.75) is 19.4 Å². The minimum absolute atomic E-state index is 0.132. The van der Waals surface area contributed by atoms with Crippen LogP contribution in [0, 0.1) is 0 Å². The highest BCUT2D eigenvalue weighted by atomic mass is 16.6. The third kappa shape index (κ3) is 3.60. The fourth-order valence-electron chi connectivity index (χ4n) is 1.47. The number of nitrogens with two attached hydrogens (primary N) is 1. The Morgan fingerprint density at radius 1 is 1.53 bits per heavy atom. The Hall–Kier alpha value is -1.81. The summed E-state index contributed by atoms with van der Waals surface area (Å²) in [5, 5.41) is 0. The van der Waals surface area contributed by atoms with E-state index in [4.69, 9.17) is 15.2 Å². The molecular weight excluding hydrogens is 218 g/mol. The van der Waals surface area contributed by atoms with Gasteiger partial charge in [-0.25, -0.2) is 0 Å². The zero-order valence-corrected chi connectivity index (χ0v) is 10.1. The SMILES string of the molecule is C=CC[C@@H](N)c1ccc(OC(C)=O)c(OC)c1. The van der Waals surface area contributed by atoms with E-state index in [0.29, 0.717) is 17.9 Å². The predicted octanol–water partition coefficient (Wildman–Crippen LogP) is 2.20. The monoisotopic (exact) mass is 235 g/mol. The molecule has 0 aromatic heterocycles. The van der Waals surface area contributed by atoms with Crippen molar-refractivity contribution in [2.75, 3.05) is 7.11 Å². The number of ether oxygens (including phenoxy) is 2. The van der Waals surface area contributed by atoms with Gasteiger partial charge in [-0.15, -0.1) is 6.58 Å². The van der Waals surface area contributed by atoms with Crippen LogP contribution in [0.1, 0.15) is 24.9 Å². The summed E-state index contributed by atoms with van der Waals surface area (Å²) in [6.45, 7) is 4.99. The molecule has 0 saturated heterocycles. The molecule has 2 N–H and O–H groups in total. The van der Waals surface area contributed by atoms with E-state index in [1.54, 1.807) is 18.2 Å². The molecule has 0 fully saturated rings. The van der Waals surface area contributed by atoms with Gasteiger partial charge < -0.3 is 15.2 Å². The van der Waals surface area contributed by atoms with Gasteiger partial charge >= 0.3 is 5.97 Å². The van der Waals surface area contributed by atoms with E-state index < -0.39 is 0 Å². The summed E-state index contributed by atoms with van der Waals surface area (Å²) in [6.07, 6.45) is 2.44. The molecule has 0 radical (unpaired) electrons. The third-order valence-electron chi connectivity index (χ3n) is 2.29. The quantitative estimate of drug-likeness (QED) is 0.483. The highest BCUT2D eigenvalue weighted by Gasteiger charge is 2.11. The second kappa shape index (κ2) is 6.06. The molecule has 4 heteroatoms. The van der Waals surface area contributed by atoms with Crippen molar-refractivity contribution in [1.82, 2.24) is 0 Å². The molecule has 0 aliphatic rings. The molecule has 0 heterocycles. The Morgan fingerprint density at radius 3 is 2.76 bits per heavy atom. The van der Waals surface area contributed by atoms with Crippen LogP contribution in [0.15, 0.2) is 30.9 Å². The van der Waals surface area contributed by atoms with Crippen molar-refractivity contribution in [3.05, 3.63) is 36.4 Å². The normalized spacial score (nSPS) is 11.7. The molecule has 0 amide bonds. The molecule has 0 unspecified atom stereocenters. The largest absolute Gasteiger partial charge is 0.493 e. The van der Waals surface area contributed by atoms with Crippen molar-refractivity contribution in [1.29, 1.82) is 0 Å². The van der Waals surface area contributed by atoms with Crippen LogP contribution < -0.4 is 15.2 Å². The first kappa shape index (κ1) is 13.3. The minimum atomic E-state index is -0.383. The van der Waals surface area contributed by atoms with Crippen molar-refractivity contribution >= 4 is 5.97 Å². The number of carbonyl (C=O) groups excluding carboxylic acids is 1. The summed E-state index contributed by atoms with van der Waals surface area (Å²) in [6, 6.07) is 5.13. The van der Waals surface area contributed by atoms with Crippen molar-refractivity contribution in [2.24, 2.45) is 5.73 Å². The van der Waals surface area contributed by atoms with Gasteiger partial charge in [0.25, 0.3) is 0 Å². The Bertz CT molecular complexity index is 415. The summed E-state index contributed by atoms with van der Waals surface area (Å²) >= 11 is 0. The first-order chi connectivity index (χ1) is 8.08. The third-order valence-corrected chi connectivity index (χ3v) is 2.29. The fourth-order valence-corrected chi connectivity index (χ4v) is 1.47. The Morgan fingerprint density at radius 2 is 2.24 bits per heavy atom. The Labute approximate surface area is 101 Å². The van der Waals surface area contributed by atoms with Crippen LogP contribution in [0.3, 0.4) is 0 Å². The van der Waals surface area contributed by atoms with E-state index in [1.807, 2.05) is 6.07 Å². The van der Waals surface area contributed by atoms with E-state index in [-0.39, 0.29) is 12.0 Å². The molecule has 92 valence electrons. The summed E-state index contributed by atoms with van der Waals surface area (Å²) in [5.41, 5.74) is 6.86. The van der Waals surface area contributed by atoms with Crippen molar-refractivity contribution in [3.63, 3.8) is 0 Å². The molecule has 0 spiro atoms. The number of benzene rings is 1. The number of hydrogen-bond donors (Lipinski definition) is 1. The lowest BCUT2D eigenvalue weighted by atomic mass is 10.0. The number of rotatable bonds is 5. The lowest BCUT2D eigenvalue weighted by molar-refractivity contribution is -0.132. The van der Waals surface area contributed by atoms with Gasteiger partial charge in [0.2, 0.25) is 0 Å². The molecule has 0 aliphatic carbocycles. The number of hydrogen-bond acceptors (Lipinski definition) is 4. The number of carbonyl (C=O) groups is 1. The molecule has 17 heavy (non-hydrogen) atoms. The molecule has 1 rings (SSSR count). The lowest BCUT2D eigenvalue weighted by Gasteiger charge is -2.13. The van der Waals surface area contributed by atoms with E-state index >= 15 is 0 Å². The summed E-state index contributed by atoms with van der Waals surface area (Å²) in [7, 11) is 1.52. The number of methoxy groups -OCH3 is 1. The Kier molecular flexibility index (Phi) is 4.72. The minimum Gasteiger partial charge on any atom is -0.493 e. The first-order valence-corrected chi connectivity index (χ1v) is 5.31. The van der Waals surface area contributed by atoms with Crippen LogP contribution >= 0.6 is 0 Å². The van der Waals surface area contributed by atoms with Crippen LogP contribution in [-0.2, 0) is 4.79 Å². The average Bonchev–Trinajstić information content (AvgIpc) is 2.29. The average molecular weight is 235 g/mol. The van der Waals surface area contributed by atoms with Crippen LogP contribution in [0.25, 0.3) is 0 Å². The van der Waals surface area contributed by atoms with Crippen molar-refractivity contribution in [3.8, 4) is 11.5 Å². The summed E-state index contributed by atoms with van der Waals surface area (Å²) in [4.78, 5) is 10.9. The maximum atomic E-state index is 10.9. The highest BCUT2D eigenvalue weighted by molar-refractivity contribution is 5.70. The zero-order chi connectivity index (χ0) is 12.8. The molecule has 0 aliphatic heterocycles. The van der Waals surface area contributed by atoms with Gasteiger partial charge in [-0.3, -0.25) is 4.79 Å². The predicted molar refractivity (Wildman–Crippen MR) is 66.0 cm³/mol. The summed E-state index contributed by atoms with van der Waals surface area (Å²) in [5.74, 6) is 0.512. The van der Waals surface area contributed by atoms with Gasteiger partial charge in [-0.1, -0.05) is 12.1 Å². The van der Waals surface area contributed by atoms with E-state index in [0.717, 1.165) is 5.56 Å². The van der Waals surface area contributed by atoms with Crippen molar-refractivity contribution < 1.29 is 14.3 Å². The molecule has 0 saturated carbocycles. The van der Waals surface area contributed by atoms with Gasteiger partial charge in [0.05, 0.1) is 7.11 Å². The highest BCUT2D eigenvalue weighted by Crippen LogP contribution is 2.30. The standard InChI is InChI=1S/C13H17NO3/c1-4-5-11(14)10-6-7-12(17-9(2)15)13(8-10)16-3/h4,6-8,11H,1,5,14H2,2-3H3/t11-/m1/s1. The van der Waals surface area contributed by atoms with Crippen LogP contribution in [-0.4, -0.2) is 13.1 Å². The van der Waals surface area contributed by atoms with E-state index in [2.05, 4.69) is 6.58 Å². The Balaban J connectivity index is 2.99. The van der Waals surface area contributed by atoms with E-state index in [9.17, 15) is 4.79 Å². The number of esters is 1. The van der Waals surface area contributed by atoms with Crippen LogP contribution in [0.5, 0.6) is 11.5 Å². The second-order valence-corrected chi connectivity index (χ2v) is 3.63. The summed E-state index contributed by atoms with van der Waals surface area (Å²) < 4.78 is 10.2. The van der Waals surface area contributed by atoms with Gasteiger partial charge in [0.15, 0.2) is 11.5 Å². The van der Waals surface area contributed by atoms with Crippen LogP contribution in [0.4, 0.5) is 0 Å². The second-order valence-electron chi connectivity index (χ2n) is 3.63. The van der Waals surface area contributed by atoms with E-state index in [1.165, 1.54) is 14.0 Å². The molecular formula is C13H17NO3. The maximum Gasteiger partial charge on any atom is 0.308 e. The molecule has 0 bridgehead atoms. The molecule has 4 nitrogen and oxygen atoms in total. The van der Waals surface area contributed by atoms with Gasteiger partial charge in [-0.2, -0.15) is 0 Å².